The molecule has 1 aliphatic rings. The molecule has 2 aromatic carbocycles. The Hall–Kier alpha value is -5.39. The predicted octanol–water partition coefficient (Wildman–Crippen LogP) is 2.58. The van der Waals surface area contributed by atoms with Crippen LogP contribution in [0.15, 0.2) is 41.2 Å². The summed E-state index contributed by atoms with van der Waals surface area (Å²) < 4.78 is 5.56. The fourth-order valence-electron chi connectivity index (χ4n) is 5.62. The third-order valence-corrected chi connectivity index (χ3v) is 8.75. The number of aromatic nitrogens is 2. The van der Waals surface area contributed by atoms with Gasteiger partial charge in [0.05, 0.1) is 25.4 Å². The number of aliphatic hydroxyl groups is 1. The Labute approximate surface area is 320 Å². The van der Waals surface area contributed by atoms with Crippen LogP contribution in [-0.2, 0) is 31.6 Å². The maximum absolute atomic E-state index is 12.3. The molecule has 2 heterocycles. The number of carboxylic acid groups (broad SMARTS) is 2. The topological polar surface area (TPSA) is 287 Å². The van der Waals surface area contributed by atoms with Gasteiger partial charge in [-0.1, -0.05) is 53.7 Å². The Balaban J connectivity index is 0.000000313. The van der Waals surface area contributed by atoms with E-state index >= 15 is 0 Å². The Kier molecular flexibility index (Phi) is 15.4. The van der Waals surface area contributed by atoms with Crippen molar-refractivity contribution in [3.63, 3.8) is 0 Å². The van der Waals surface area contributed by atoms with Crippen LogP contribution < -0.4 is 38.3 Å². The molecule has 0 saturated heterocycles. The average Bonchev–Trinajstić information content (AvgIpc) is 3.10. The molecule has 17 heteroatoms. The quantitative estimate of drug-likeness (QED) is 0.106. The number of nitrogens with zero attached hydrogens (tertiary/aromatic N) is 1. The summed E-state index contributed by atoms with van der Waals surface area (Å²) in [5.41, 5.74) is 14.5. The van der Waals surface area contributed by atoms with E-state index in [-0.39, 0.29) is 53.9 Å². The number of nitrogens with one attached hydrogen (secondary N) is 5. The minimum Gasteiger partial charge on any atom is -0.507 e. The number of phenols is 1. The first-order valence-corrected chi connectivity index (χ1v) is 18.0. The molecule has 4 rings (SSSR count). The Morgan fingerprint density at radius 3 is 2.29 bits per heavy atom. The van der Waals surface area contributed by atoms with Crippen molar-refractivity contribution in [2.24, 2.45) is 5.73 Å². The molecule has 0 bridgehead atoms. The van der Waals surface area contributed by atoms with Gasteiger partial charge >= 0.3 is 11.9 Å². The molecule has 0 saturated carbocycles. The number of hydrogen-bond donors (Lipinski definition) is 11. The van der Waals surface area contributed by atoms with E-state index in [0.29, 0.717) is 55.6 Å². The number of hydrogen-bond acceptors (Lipinski definition) is 13. The molecule has 0 spiro atoms. The number of amides is 1. The van der Waals surface area contributed by atoms with Gasteiger partial charge in [-0.2, -0.15) is 4.98 Å². The number of ether oxygens (including phenoxy) is 1. The van der Waals surface area contributed by atoms with Gasteiger partial charge in [-0.3, -0.25) is 14.4 Å². The smallest absolute Gasteiger partial charge is 0.326 e. The SMILES string of the molecule is CC(C)(C)c1cc(CC(CO)OCCN)c(O)c(C(C)(C)C)c1.Nc1nc(=O)c2c([nH]1)NC[C@@H](CNc1ccc(C(=O)N[C@@H](CCC(=O)O)C(=O)O)cc1)N2. The second-order valence-electron chi connectivity index (χ2n) is 15.4. The molecule has 3 atom stereocenters. The van der Waals surface area contributed by atoms with Crippen LogP contribution in [0.5, 0.6) is 5.75 Å². The first-order chi connectivity index (χ1) is 25.7. The van der Waals surface area contributed by atoms with Crippen LogP contribution in [-0.4, -0.2) is 99.3 Å². The molecule has 1 amide bonds. The molecule has 1 aliphatic heterocycles. The van der Waals surface area contributed by atoms with Gasteiger partial charge in [0.2, 0.25) is 5.95 Å². The van der Waals surface area contributed by atoms with Gasteiger partial charge in [0.15, 0.2) is 0 Å². The lowest BCUT2D eigenvalue weighted by Gasteiger charge is -2.28. The molecule has 0 fully saturated rings. The molecular weight excluding hydrogens is 712 g/mol. The number of nitrogens with two attached hydrogens (primary N) is 2. The summed E-state index contributed by atoms with van der Waals surface area (Å²) >= 11 is 0. The highest BCUT2D eigenvalue weighted by Crippen LogP contribution is 2.38. The number of aromatic amines is 1. The van der Waals surface area contributed by atoms with Gasteiger partial charge in [0.25, 0.3) is 11.5 Å². The van der Waals surface area contributed by atoms with Crippen LogP contribution in [0.25, 0.3) is 0 Å². The maximum atomic E-state index is 12.3. The highest BCUT2D eigenvalue weighted by atomic mass is 16.5. The van der Waals surface area contributed by atoms with Crippen LogP contribution in [0.3, 0.4) is 0 Å². The lowest BCUT2D eigenvalue weighted by molar-refractivity contribution is -0.140. The number of phenolic OH excluding ortho intramolecular Hbond substituents is 1. The number of carbonyl (C=O) groups excluding carboxylic acids is 1. The van der Waals surface area contributed by atoms with E-state index in [1.807, 2.05) is 6.07 Å². The lowest BCUT2D eigenvalue weighted by Crippen LogP contribution is -2.41. The van der Waals surface area contributed by atoms with Crippen molar-refractivity contribution in [1.29, 1.82) is 0 Å². The van der Waals surface area contributed by atoms with E-state index in [9.17, 15) is 29.4 Å². The van der Waals surface area contributed by atoms with E-state index in [4.69, 9.17) is 26.4 Å². The van der Waals surface area contributed by atoms with E-state index in [2.05, 4.69) is 78.8 Å². The molecule has 3 aromatic rings. The highest BCUT2D eigenvalue weighted by molar-refractivity contribution is 5.97. The van der Waals surface area contributed by atoms with Crippen LogP contribution in [0, 0.1) is 0 Å². The monoisotopic (exact) mass is 768 g/mol. The Bertz CT molecular complexity index is 1840. The van der Waals surface area contributed by atoms with Crippen LogP contribution in [0.4, 0.5) is 23.1 Å². The first-order valence-electron chi connectivity index (χ1n) is 18.0. The number of nitrogen functional groups attached to an aromatic ring is 1. The maximum Gasteiger partial charge on any atom is 0.326 e. The van der Waals surface area contributed by atoms with Crippen molar-refractivity contribution in [3.8, 4) is 5.75 Å². The Morgan fingerprint density at radius 2 is 1.73 bits per heavy atom. The molecule has 1 aromatic heterocycles. The third-order valence-electron chi connectivity index (χ3n) is 8.75. The van der Waals surface area contributed by atoms with Crippen molar-refractivity contribution in [3.05, 3.63) is 69.0 Å². The van der Waals surface area contributed by atoms with Crippen molar-refractivity contribution in [1.82, 2.24) is 15.3 Å². The van der Waals surface area contributed by atoms with Gasteiger partial charge in [0, 0.05) is 43.7 Å². The van der Waals surface area contributed by atoms with Crippen molar-refractivity contribution < 1.29 is 39.5 Å². The summed E-state index contributed by atoms with van der Waals surface area (Å²) in [4.78, 5) is 52.5. The molecule has 55 heavy (non-hydrogen) atoms. The molecular formula is C38H56N8O9. The lowest BCUT2D eigenvalue weighted by atomic mass is 9.78. The van der Waals surface area contributed by atoms with Crippen LogP contribution in [0.1, 0.15) is 81.4 Å². The zero-order valence-corrected chi connectivity index (χ0v) is 32.3. The number of carboxylic acids is 2. The zero-order valence-electron chi connectivity index (χ0n) is 32.3. The summed E-state index contributed by atoms with van der Waals surface area (Å²) in [6, 6.07) is 9.05. The average molecular weight is 769 g/mol. The fourth-order valence-corrected chi connectivity index (χ4v) is 5.62. The van der Waals surface area contributed by atoms with E-state index < -0.39 is 29.4 Å². The molecule has 302 valence electrons. The zero-order chi connectivity index (χ0) is 41.1. The van der Waals surface area contributed by atoms with E-state index in [1.165, 1.54) is 17.7 Å². The summed E-state index contributed by atoms with van der Waals surface area (Å²) in [6.07, 6.45) is -0.473. The van der Waals surface area contributed by atoms with Crippen molar-refractivity contribution >= 4 is 41.0 Å². The van der Waals surface area contributed by atoms with Gasteiger partial charge in [-0.25, -0.2) is 4.79 Å². The summed E-state index contributed by atoms with van der Waals surface area (Å²) in [5, 5.41) is 49.8. The molecule has 17 nitrogen and oxygen atoms in total. The van der Waals surface area contributed by atoms with E-state index in [0.717, 1.165) is 11.1 Å². The second kappa shape index (κ2) is 19.3. The number of aliphatic carboxylic acids is 2. The minimum atomic E-state index is -1.30. The predicted molar refractivity (Wildman–Crippen MR) is 211 cm³/mol. The van der Waals surface area contributed by atoms with Gasteiger partial charge < -0.3 is 62.9 Å². The normalized spacial score (nSPS) is 14.9. The highest BCUT2D eigenvalue weighted by Gasteiger charge is 2.27. The number of aliphatic hydroxyl groups excluding tert-OH is 1. The number of carbonyl (C=O) groups is 3. The van der Waals surface area contributed by atoms with Crippen LogP contribution >= 0.6 is 0 Å². The summed E-state index contributed by atoms with van der Waals surface area (Å²) in [7, 11) is 0. The molecule has 0 aliphatic carbocycles. The summed E-state index contributed by atoms with van der Waals surface area (Å²) in [6.45, 7) is 14.4. The first kappa shape index (κ1) is 44.0. The molecule has 13 N–H and O–H groups in total. The number of H-pyrrole nitrogens is 1. The number of aromatic hydroxyl groups is 1. The van der Waals surface area contributed by atoms with Gasteiger partial charge in [0.1, 0.15) is 23.3 Å². The summed E-state index contributed by atoms with van der Waals surface area (Å²) in [5.74, 6) is -2.24. The van der Waals surface area contributed by atoms with Crippen molar-refractivity contribution in [2.45, 2.75) is 89.8 Å². The number of benzene rings is 2. The Morgan fingerprint density at radius 1 is 1.05 bits per heavy atom. The number of anilines is 4. The van der Waals surface area contributed by atoms with Crippen LogP contribution in [0.2, 0.25) is 0 Å². The van der Waals surface area contributed by atoms with Crippen molar-refractivity contribution in [2.75, 3.05) is 54.5 Å². The van der Waals surface area contributed by atoms with Gasteiger partial charge in [-0.15, -0.1) is 0 Å². The molecule has 1 unspecified atom stereocenters. The largest absolute Gasteiger partial charge is 0.507 e. The standard InChI is InChI=1S/C19H23N7O6.C19H33NO3/c20-19-25-15-14(17(30)26-19)23-11(8-22-15)7-21-10-3-1-9(2-4-10)16(29)24-12(18(31)32)5-6-13(27)28;1-18(2,3)14-9-13(10-15(12-21)23-8-7-20)17(22)16(11-14)19(4,5)6/h1-4,11-12,21,23H,5-8H2,(H,24,29)(H,27,28)(H,31,32)(H4,20,22,25,26,30);9,11,15,21-22H,7-8,10,12,20H2,1-6H3/t11-,12+;/m1./s1. The molecule has 0 radical (unpaired) electrons. The number of rotatable bonds is 15. The number of fused-ring (bicyclic) bond motifs is 1. The third kappa shape index (κ3) is 13.2. The van der Waals surface area contributed by atoms with Gasteiger partial charge in [-0.05, 0) is 58.2 Å². The fraction of sp³-hybridized carbons (Fsp3) is 0.500. The second-order valence-corrected chi connectivity index (χ2v) is 15.4. The van der Waals surface area contributed by atoms with E-state index in [1.54, 1.807) is 12.1 Å². The minimum absolute atomic E-state index is 0.0186.